The zero-order chi connectivity index (χ0) is 23.8. The van der Waals surface area contributed by atoms with Crippen LogP contribution < -0.4 is 9.47 Å². The number of allylic oxidation sites excluding steroid dienone is 1. The third-order valence-corrected chi connectivity index (χ3v) is 5.43. The summed E-state index contributed by atoms with van der Waals surface area (Å²) in [6.45, 7) is 2.42. The smallest absolute Gasteiger partial charge is 0.165 e. The third-order valence-electron chi connectivity index (χ3n) is 5.43. The molecule has 0 fully saturated rings. The number of ether oxygens (including phenoxy) is 2. The summed E-state index contributed by atoms with van der Waals surface area (Å²) in [5, 5.41) is 0. The second kappa shape index (κ2) is 11.3. The van der Waals surface area contributed by atoms with Crippen molar-refractivity contribution in [1.82, 2.24) is 0 Å². The largest absolute Gasteiger partial charge is 0.486 e. The van der Waals surface area contributed by atoms with Gasteiger partial charge in [0.1, 0.15) is 13.2 Å². The van der Waals surface area contributed by atoms with Crippen molar-refractivity contribution in [2.75, 3.05) is 0 Å². The molecule has 34 heavy (non-hydrogen) atoms. The standard InChI is InChI=1S/C30H26F2O2/c1-2-9-26-25(15-16-27(31)30(26)34-21-23-12-7-4-8-13-23)18-24-14-17-29(28(32)19-24)33-20-22-10-5-3-6-11-22/h2-17,19H,18,20-21H2,1H3/b9-2-. The maximum absolute atomic E-state index is 14.7. The van der Waals surface area contributed by atoms with Crippen LogP contribution in [0.2, 0.25) is 0 Å². The lowest BCUT2D eigenvalue weighted by atomic mass is 9.98. The average Bonchev–Trinajstić information content (AvgIpc) is 2.86. The minimum atomic E-state index is -0.427. The van der Waals surface area contributed by atoms with Gasteiger partial charge in [0.15, 0.2) is 23.1 Å². The molecule has 0 saturated heterocycles. The van der Waals surface area contributed by atoms with Gasteiger partial charge in [0, 0.05) is 5.56 Å². The summed E-state index contributed by atoms with van der Waals surface area (Å²) < 4.78 is 41.0. The SMILES string of the molecule is C/C=C\c1c(Cc2ccc(OCc3ccccc3)c(F)c2)ccc(F)c1OCc1ccccc1. The Bertz CT molecular complexity index is 1250. The minimum absolute atomic E-state index is 0.197. The summed E-state index contributed by atoms with van der Waals surface area (Å²) in [6.07, 6.45) is 4.10. The molecule has 0 bridgehead atoms. The first-order valence-electron chi connectivity index (χ1n) is 11.2. The monoisotopic (exact) mass is 456 g/mol. The second-order valence-electron chi connectivity index (χ2n) is 7.94. The van der Waals surface area contributed by atoms with E-state index in [-0.39, 0.29) is 18.1 Å². The zero-order valence-corrected chi connectivity index (χ0v) is 19.0. The highest BCUT2D eigenvalue weighted by Crippen LogP contribution is 2.31. The van der Waals surface area contributed by atoms with Gasteiger partial charge in [-0.3, -0.25) is 0 Å². The predicted octanol–water partition coefficient (Wildman–Crippen LogP) is 7.75. The van der Waals surface area contributed by atoms with Gasteiger partial charge in [-0.25, -0.2) is 8.78 Å². The van der Waals surface area contributed by atoms with Crippen LogP contribution in [-0.4, -0.2) is 0 Å². The van der Waals surface area contributed by atoms with Crippen LogP contribution in [-0.2, 0) is 19.6 Å². The fourth-order valence-corrected chi connectivity index (χ4v) is 3.72. The number of hydrogen-bond acceptors (Lipinski definition) is 2. The molecule has 2 nitrogen and oxygen atoms in total. The van der Waals surface area contributed by atoms with Gasteiger partial charge in [-0.15, -0.1) is 0 Å². The van der Waals surface area contributed by atoms with Crippen molar-refractivity contribution >= 4 is 6.08 Å². The Morgan fingerprint density at radius 2 is 1.32 bits per heavy atom. The lowest BCUT2D eigenvalue weighted by Crippen LogP contribution is -2.03. The quantitative estimate of drug-likeness (QED) is 0.256. The fourth-order valence-electron chi connectivity index (χ4n) is 3.72. The predicted molar refractivity (Wildman–Crippen MR) is 132 cm³/mol. The Hall–Kier alpha value is -3.92. The van der Waals surface area contributed by atoms with Gasteiger partial charge in [-0.1, -0.05) is 84.9 Å². The molecule has 172 valence electrons. The highest BCUT2D eigenvalue weighted by atomic mass is 19.1. The highest BCUT2D eigenvalue weighted by molar-refractivity contribution is 5.62. The zero-order valence-electron chi connectivity index (χ0n) is 19.0. The van der Waals surface area contributed by atoms with Crippen LogP contribution in [0, 0.1) is 11.6 Å². The Kier molecular flexibility index (Phi) is 7.71. The first kappa shape index (κ1) is 23.2. The maximum Gasteiger partial charge on any atom is 0.165 e. The van der Waals surface area contributed by atoms with Crippen LogP contribution in [0.1, 0.15) is 34.7 Å². The molecule has 4 aromatic rings. The lowest BCUT2D eigenvalue weighted by molar-refractivity contribution is 0.289. The van der Waals surface area contributed by atoms with Crippen LogP contribution in [0.15, 0.2) is 97.1 Å². The molecule has 0 aliphatic rings. The van der Waals surface area contributed by atoms with Crippen LogP contribution in [0.4, 0.5) is 8.78 Å². The van der Waals surface area contributed by atoms with E-state index in [1.54, 1.807) is 12.1 Å². The molecular weight excluding hydrogens is 430 g/mol. The average molecular weight is 457 g/mol. The Labute approximate surface area is 199 Å². The Balaban J connectivity index is 1.52. The van der Waals surface area contributed by atoms with E-state index in [1.807, 2.05) is 85.8 Å². The van der Waals surface area contributed by atoms with Crippen LogP contribution in [0.3, 0.4) is 0 Å². The van der Waals surface area contributed by atoms with E-state index in [1.165, 1.54) is 12.1 Å². The molecule has 0 radical (unpaired) electrons. The Morgan fingerprint density at radius 1 is 0.676 bits per heavy atom. The van der Waals surface area contributed by atoms with Gasteiger partial charge in [0.2, 0.25) is 0 Å². The molecular formula is C30H26F2O2. The first-order chi connectivity index (χ1) is 16.6. The van der Waals surface area contributed by atoms with Gasteiger partial charge in [-0.05, 0) is 53.8 Å². The highest BCUT2D eigenvalue weighted by Gasteiger charge is 2.15. The van der Waals surface area contributed by atoms with Gasteiger partial charge in [0.25, 0.3) is 0 Å². The van der Waals surface area contributed by atoms with E-state index in [0.29, 0.717) is 18.6 Å². The third kappa shape index (κ3) is 5.90. The number of benzene rings is 4. The van der Waals surface area contributed by atoms with E-state index in [4.69, 9.17) is 9.47 Å². The fraction of sp³-hybridized carbons (Fsp3) is 0.133. The molecule has 0 spiro atoms. The summed E-state index contributed by atoms with van der Waals surface area (Å²) >= 11 is 0. The van der Waals surface area contributed by atoms with Crippen molar-refractivity contribution in [3.63, 3.8) is 0 Å². The minimum Gasteiger partial charge on any atom is -0.486 e. The lowest BCUT2D eigenvalue weighted by Gasteiger charge is -2.15. The van der Waals surface area contributed by atoms with Crippen molar-refractivity contribution < 1.29 is 18.3 Å². The molecule has 0 heterocycles. The molecule has 0 atom stereocenters. The molecule has 4 aromatic carbocycles. The van der Waals surface area contributed by atoms with Crippen LogP contribution >= 0.6 is 0 Å². The summed E-state index contributed by atoms with van der Waals surface area (Å²) in [5.41, 5.74) is 4.18. The second-order valence-corrected chi connectivity index (χ2v) is 7.94. The van der Waals surface area contributed by atoms with Crippen molar-refractivity contribution in [2.24, 2.45) is 0 Å². The normalized spacial score (nSPS) is 11.0. The summed E-state index contributed by atoms with van der Waals surface area (Å²) in [4.78, 5) is 0. The summed E-state index contributed by atoms with van der Waals surface area (Å²) in [7, 11) is 0. The Morgan fingerprint density at radius 3 is 1.94 bits per heavy atom. The van der Waals surface area contributed by atoms with E-state index in [0.717, 1.165) is 22.3 Å². The van der Waals surface area contributed by atoms with E-state index in [9.17, 15) is 8.78 Å². The van der Waals surface area contributed by atoms with Crippen molar-refractivity contribution in [1.29, 1.82) is 0 Å². The van der Waals surface area contributed by atoms with Gasteiger partial charge in [0.05, 0.1) is 0 Å². The first-order valence-corrected chi connectivity index (χ1v) is 11.2. The summed E-state index contributed by atoms with van der Waals surface area (Å²) in [5.74, 6) is -0.456. The number of halogens is 2. The van der Waals surface area contributed by atoms with E-state index >= 15 is 0 Å². The van der Waals surface area contributed by atoms with E-state index < -0.39 is 11.6 Å². The molecule has 4 heteroatoms. The molecule has 0 aromatic heterocycles. The molecule has 4 rings (SSSR count). The van der Waals surface area contributed by atoms with Crippen molar-refractivity contribution in [3.8, 4) is 11.5 Å². The molecule has 0 amide bonds. The van der Waals surface area contributed by atoms with Gasteiger partial charge in [-0.2, -0.15) is 0 Å². The van der Waals surface area contributed by atoms with Gasteiger partial charge >= 0.3 is 0 Å². The number of hydrogen-bond donors (Lipinski definition) is 0. The van der Waals surface area contributed by atoms with Crippen LogP contribution in [0.25, 0.3) is 6.08 Å². The molecule has 0 aliphatic heterocycles. The molecule has 0 N–H and O–H groups in total. The molecule has 0 saturated carbocycles. The van der Waals surface area contributed by atoms with Crippen LogP contribution in [0.5, 0.6) is 11.5 Å². The van der Waals surface area contributed by atoms with Gasteiger partial charge < -0.3 is 9.47 Å². The van der Waals surface area contributed by atoms with E-state index in [2.05, 4.69) is 0 Å². The molecule has 0 aliphatic carbocycles. The van der Waals surface area contributed by atoms with Crippen molar-refractivity contribution in [2.45, 2.75) is 26.6 Å². The maximum atomic E-state index is 14.7. The van der Waals surface area contributed by atoms with Crippen molar-refractivity contribution in [3.05, 3.63) is 137 Å². The molecule has 0 unspecified atom stereocenters. The summed E-state index contributed by atoms with van der Waals surface area (Å²) in [6, 6.07) is 27.3. The number of rotatable bonds is 9. The topological polar surface area (TPSA) is 18.5 Å².